The molecule has 0 radical (unpaired) electrons. The quantitative estimate of drug-likeness (QED) is 0.501. The fraction of sp³-hybridized carbons (Fsp3) is 0.348. The summed E-state index contributed by atoms with van der Waals surface area (Å²) in [5, 5.41) is 0. The summed E-state index contributed by atoms with van der Waals surface area (Å²) < 4.78 is 6.50. The summed E-state index contributed by atoms with van der Waals surface area (Å²) in [4.78, 5) is 39.4. The Morgan fingerprint density at radius 1 is 0.931 bits per heavy atom. The van der Waals surface area contributed by atoms with Crippen LogP contribution in [0.1, 0.15) is 29.6 Å². The number of carbonyl (C=O) groups excluding carboxylic acids is 3. The smallest absolute Gasteiger partial charge is 0.237 e. The van der Waals surface area contributed by atoms with Crippen LogP contribution >= 0.6 is 15.9 Å². The van der Waals surface area contributed by atoms with Gasteiger partial charge in [-0.15, -0.1) is 0 Å². The minimum absolute atomic E-state index is 0.0497. The summed E-state index contributed by atoms with van der Waals surface area (Å²) in [5.41, 5.74) is 1.17. The minimum atomic E-state index is -0.124. The zero-order valence-corrected chi connectivity index (χ0v) is 17.3. The first-order valence-corrected chi connectivity index (χ1v) is 10.7. The Kier molecular flexibility index (Phi) is 4.54. The molecule has 0 N–H and O–H groups in total. The van der Waals surface area contributed by atoms with Crippen LogP contribution < -0.4 is 9.64 Å². The third-order valence-corrected chi connectivity index (χ3v) is 7.09. The zero-order chi connectivity index (χ0) is 20.1. The molecule has 3 fully saturated rings. The van der Waals surface area contributed by atoms with Crippen LogP contribution in [0.3, 0.4) is 0 Å². The first kappa shape index (κ1) is 18.6. The molecule has 2 bridgehead atoms. The molecule has 0 aromatic heterocycles. The maximum Gasteiger partial charge on any atom is 0.237 e. The molecule has 0 spiro atoms. The van der Waals surface area contributed by atoms with Crippen LogP contribution in [0.15, 0.2) is 53.0 Å². The van der Waals surface area contributed by atoms with Crippen molar-refractivity contribution < 1.29 is 19.1 Å². The topological polar surface area (TPSA) is 63.7 Å². The van der Waals surface area contributed by atoms with Crippen LogP contribution in [0, 0.1) is 23.7 Å². The Labute approximate surface area is 177 Å². The van der Waals surface area contributed by atoms with Crippen molar-refractivity contribution in [2.45, 2.75) is 19.3 Å². The van der Waals surface area contributed by atoms with Gasteiger partial charge in [-0.3, -0.25) is 19.3 Å². The van der Waals surface area contributed by atoms with E-state index < -0.39 is 0 Å². The Balaban J connectivity index is 1.26. The second kappa shape index (κ2) is 7.10. The van der Waals surface area contributed by atoms with E-state index in [1.54, 1.807) is 36.4 Å². The van der Waals surface area contributed by atoms with Gasteiger partial charge in [-0.05, 0) is 67.5 Å². The number of rotatable bonds is 5. The molecule has 6 heteroatoms. The number of hydrogen-bond donors (Lipinski definition) is 0. The summed E-state index contributed by atoms with van der Waals surface area (Å²) >= 11 is 3.34. The molecule has 2 aromatic rings. The Hall–Kier alpha value is -2.47. The van der Waals surface area contributed by atoms with E-state index in [4.69, 9.17) is 4.74 Å². The van der Waals surface area contributed by atoms with Crippen LogP contribution in [-0.2, 0) is 9.59 Å². The van der Waals surface area contributed by atoms with Crippen molar-refractivity contribution in [1.82, 2.24) is 0 Å². The average Bonchev–Trinajstić information content (AvgIpc) is 3.41. The number of halogens is 1. The molecule has 3 aliphatic rings. The molecule has 2 amide bonds. The van der Waals surface area contributed by atoms with Crippen molar-refractivity contribution in [1.29, 1.82) is 0 Å². The molecule has 0 unspecified atom stereocenters. The molecule has 2 aliphatic carbocycles. The number of anilines is 1. The van der Waals surface area contributed by atoms with E-state index >= 15 is 0 Å². The van der Waals surface area contributed by atoms with Gasteiger partial charge >= 0.3 is 0 Å². The normalized spacial score (nSPS) is 27.4. The number of carbonyl (C=O) groups is 3. The van der Waals surface area contributed by atoms with Gasteiger partial charge in [0.2, 0.25) is 11.8 Å². The second-order valence-electron chi connectivity index (χ2n) is 8.11. The van der Waals surface area contributed by atoms with Crippen LogP contribution in [0.5, 0.6) is 5.75 Å². The summed E-state index contributed by atoms with van der Waals surface area (Å²) in [6.07, 6.45) is 3.16. The van der Waals surface area contributed by atoms with Crippen molar-refractivity contribution in [2.75, 3.05) is 11.5 Å². The predicted octanol–water partition coefficient (Wildman–Crippen LogP) is 4.25. The molecule has 2 saturated carbocycles. The fourth-order valence-electron chi connectivity index (χ4n) is 5.22. The maximum atomic E-state index is 12.9. The molecule has 1 heterocycles. The Bertz CT molecular complexity index is 957. The number of ether oxygens (including phenoxy) is 1. The van der Waals surface area contributed by atoms with Gasteiger partial charge in [-0.1, -0.05) is 28.1 Å². The largest absolute Gasteiger partial charge is 0.485 e. The zero-order valence-electron chi connectivity index (χ0n) is 15.7. The predicted molar refractivity (Wildman–Crippen MR) is 111 cm³/mol. The number of benzene rings is 2. The number of amides is 2. The highest BCUT2D eigenvalue weighted by atomic mass is 79.9. The van der Waals surface area contributed by atoms with E-state index in [0.717, 1.165) is 23.7 Å². The van der Waals surface area contributed by atoms with E-state index in [9.17, 15) is 14.4 Å². The molecular formula is C23H20BrNO4. The monoisotopic (exact) mass is 453 g/mol. The third kappa shape index (κ3) is 3.10. The summed E-state index contributed by atoms with van der Waals surface area (Å²) in [6.45, 7) is -0.0734. The van der Waals surface area contributed by atoms with Gasteiger partial charge in [0.1, 0.15) is 5.75 Å². The molecule has 2 aromatic carbocycles. The molecule has 5 rings (SSSR count). The van der Waals surface area contributed by atoms with Crippen molar-refractivity contribution in [3.05, 3.63) is 58.6 Å². The fourth-order valence-corrected chi connectivity index (χ4v) is 5.49. The van der Waals surface area contributed by atoms with Crippen LogP contribution in [0.2, 0.25) is 0 Å². The van der Waals surface area contributed by atoms with Crippen molar-refractivity contribution in [3.63, 3.8) is 0 Å². The lowest BCUT2D eigenvalue weighted by Crippen LogP contribution is -2.32. The van der Waals surface area contributed by atoms with E-state index in [0.29, 0.717) is 28.8 Å². The van der Waals surface area contributed by atoms with Crippen molar-refractivity contribution in [3.8, 4) is 5.75 Å². The molecule has 5 nitrogen and oxygen atoms in total. The van der Waals surface area contributed by atoms with Gasteiger partial charge < -0.3 is 4.74 Å². The minimum Gasteiger partial charge on any atom is -0.485 e. The van der Waals surface area contributed by atoms with Gasteiger partial charge in [0.15, 0.2) is 12.4 Å². The van der Waals surface area contributed by atoms with E-state index in [2.05, 4.69) is 15.9 Å². The number of hydrogen-bond acceptors (Lipinski definition) is 4. The van der Waals surface area contributed by atoms with Gasteiger partial charge in [-0.25, -0.2) is 0 Å². The molecule has 4 atom stereocenters. The van der Waals surface area contributed by atoms with Gasteiger partial charge in [0, 0.05) is 10.0 Å². The van der Waals surface area contributed by atoms with Gasteiger partial charge in [0.05, 0.1) is 17.5 Å². The van der Waals surface area contributed by atoms with E-state index in [1.807, 2.05) is 12.1 Å². The van der Waals surface area contributed by atoms with Gasteiger partial charge in [0.25, 0.3) is 0 Å². The molecule has 148 valence electrons. The summed E-state index contributed by atoms with van der Waals surface area (Å²) in [5.74, 6) is 0.810. The first-order valence-electron chi connectivity index (χ1n) is 9.92. The molecular weight excluding hydrogens is 434 g/mol. The van der Waals surface area contributed by atoms with E-state index in [1.165, 1.54) is 4.90 Å². The van der Waals surface area contributed by atoms with Crippen LogP contribution in [0.25, 0.3) is 0 Å². The third-order valence-electron chi connectivity index (χ3n) is 6.56. The number of Topliss-reactive ketones (excluding diaryl/α,β-unsaturated/α-hetero) is 1. The number of nitrogens with zero attached hydrogens (tertiary/aromatic N) is 1. The maximum absolute atomic E-state index is 12.9. The lowest BCUT2D eigenvalue weighted by molar-refractivity contribution is -0.123. The van der Waals surface area contributed by atoms with Crippen LogP contribution in [-0.4, -0.2) is 24.2 Å². The number of ketones is 1. The highest BCUT2D eigenvalue weighted by Gasteiger charge is 2.61. The average molecular weight is 454 g/mol. The summed E-state index contributed by atoms with van der Waals surface area (Å²) in [6, 6.07) is 14.0. The van der Waals surface area contributed by atoms with Crippen LogP contribution in [0.4, 0.5) is 5.69 Å². The molecule has 29 heavy (non-hydrogen) atoms. The van der Waals surface area contributed by atoms with Crippen molar-refractivity contribution in [2.24, 2.45) is 23.7 Å². The second-order valence-corrected chi connectivity index (χ2v) is 9.02. The lowest BCUT2D eigenvalue weighted by Gasteiger charge is -2.19. The van der Waals surface area contributed by atoms with Crippen molar-refractivity contribution >= 4 is 39.2 Å². The Morgan fingerprint density at radius 2 is 1.52 bits per heavy atom. The standard InChI is InChI=1S/C23H20BrNO4/c24-16-5-3-13(4-6-16)19(26)12-29-18-9-7-17(8-10-18)25-22(27)20-14-1-2-15(11-14)21(20)23(25)28/h3-10,14-15,20-21H,1-2,11-12H2/t14-,15+,20-,21+. The first-order chi connectivity index (χ1) is 14.0. The van der Waals surface area contributed by atoms with Gasteiger partial charge in [-0.2, -0.15) is 0 Å². The number of imide groups is 1. The highest BCUT2D eigenvalue weighted by Crippen LogP contribution is 2.56. The SMILES string of the molecule is O=C(COc1ccc(N2C(=O)[C@@H]3[C@@H]4CC[C@@H](C4)[C@@H]3C2=O)cc1)c1ccc(Br)cc1. The number of fused-ring (bicyclic) bond motifs is 5. The summed E-state index contributed by atoms with van der Waals surface area (Å²) in [7, 11) is 0. The highest BCUT2D eigenvalue weighted by molar-refractivity contribution is 9.10. The molecule has 1 aliphatic heterocycles. The lowest BCUT2D eigenvalue weighted by atomic mass is 9.81. The van der Waals surface area contributed by atoms with E-state index in [-0.39, 0.29) is 36.0 Å². The Morgan fingerprint density at radius 3 is 2.10 bits per heavy atom. The molecule has 1 saturated heterocycles.